The first-order chi connectivity index (χ1) is 13.6. The molecule has 3 aromatic rings. The van der Waals surface area contributed by atoms with Crippen LogP contribution in [0.2, 0.25) is 0 Å². The number of benzene rings is 1. The normalized spacial score (nSPS) is 15.5. The summed E-state index contributed by atoms with van der Waals surface area (Å²) in [7, 11) is 2.02. The van der Waals surface area contributed by atoms with Gasteiger partial charge in [0.25, 0.3) is 0 Å². The maximum Gasteiger partial charge on any atom is 0.226 e. The molecular formula is C20H25FN6S. The summed E-state index contributed by atoms with van der Waals surface area (Å²) in [5.41, 5.74) is 1.63. The van der Waals surface area contributed by atoms with Crippen LogP contribution in [-0.4, -0.2) is 50.9 Å². The largest absolute Gasteiger partial charge is 0.341 e. The van der Waals surface area contributed by atoms with Crippen molar-refractivity contribution in [1.82, 2.24) is 24.8 Å². The fourth-order valence-electron chi connectivity index (χ4n) is 3.56. The van der Waals surface area contributed by atoms with Crippen LogP contribution in [0.3, 0.4) is 0 Å². The van der Waals surface area contributed by atoms with E-state index in [1.54, 1.807) is 17.8 Å². The molecule has 2 aromatic heterocycles. The van der Waals surface area contributed by atoms with Crippen molar-refractivity contribution in [3.8, 4) is 0 Å². The summed E-state index contributed by atoms with van der Waals surface area (Å²) in [6, 6.07) is 5.22. The second-order valence-electron chi connectivity index (χ2n) is 7.16. The average Bonchev–Trinajstić information content (AvgIpc) is 3.11. The van der Waals surface area contributed by atoms with Crippen LogP contribution >= 0.6 is 11.8 Å². The molecule has 1 aromatic carbocycles. The number of nitrogens with one attached hydrogen (secondary N) is 1. The number of fused-ring (bicyclic) bond motifs is 1. The smallest absolute Gasteiger partial charge is 0.226 e. The highest BCUT2D eigenvalue weighted by atomic mass is 32.2. The van der Waals surface area contributed by atoms with E-state index in [0.29, 0.717) is 6.04 Å². The zero-order valence-electron chi connectivity index (χ0n) is 16.2. The number of hydrogen-bond donors (Lipinski definition) is 1. The Morgan fingerprint density at radius 1 is 1.25 bits per heavy atom. The molecule has 4 rings (SSSR count). The fourth-order valence-corrected chi connectivity index (χ4v) is 4.36. The molecule has 1 N–H and O–H groups in total. The van der Waals surface area contributed by atoms with Gasteiger partial charge in [0.1, 0.15) is 5.82 Å². The van der Waals surface area contributed by atoms with Gasteiger partial charge in [-0.25, -0.2) is 19.3 Å². The van der Waals surface area contributed by atoms with E-state index in [4.69, 9.17) is 0 Å². The zero-order chi connectivity index (χ0) is 19.5. The third kappa shape index (κ3) is 4.28. The molecule has 28 heavy (non-hydrogen) atoms. The minimum Gasteiger partial charge on any atom is -0.341 e. The molecule has 148 valence electrons. The van der Waals surface area contributed by atoms with Crippen molar-refractivity contribution < 1.29 is 4.39 Å². The molecule has 0 unspecified atom stereocenters. The van der Waals surface area contributed by atoms with Gasteiger partial charge in [0.2, 0.25) is 5.95 Å². The van der Waals surface area contributed by atoms with Crippen molar-refractivity contribution in [2.24, 2.45) is 7.05 Å². The number of halogens is 1. The van der Waals surface area contributed by atoms with Crippen molar-refractivity contribution in [2.45, 2.75) is 31.0 Å². The summed E-state index contributed by atoms with van der Waals surface area (Å²) in [5, 5.41) is 5.49. The van der Waals surface area contributed by atoms with Crippen molar-refractivity contribution in [3.63, 3.8) is 0 Å². The Bertz CT molecular complexity index is 951. The summed E-state index contributed by atoms with van der Waals surface area (Å²) in [6.45, 7) is 4.74. The van der Waals surface area contributed by atoms with Gasteiger partial charge in [-0.05, 0) is 38.0 Å². The monoisotopic (exact) mass is 400 g/mol. The first-order valence-corrected chi connectivity index (χ1v) is 10.6. The van der Waals surface area contributed by atoms with E-state index in [1.807, 2.05) is 30.9 Å². The Balaban J connectivity index is 1.29. The third-order valence-electron chi connectivity index (χ3n) is 5.16. The molecule has 1 aliphatic rings. The van der Waals surface area contributed by atoms with Crippen LogP contribution in [0.5, 0.6) is 0 Å². The van der Waals surface area contributed by atoms with E-state index >= 15 is 0 Å². The Morgan fingerprint density at radius 3 is 2.82 bits per heavy atom. The molecule has 0 atom stereocenters. The van der Waals surface area contributed by atoms with Crippen LogP contribution in [0.4, 0.5) is 10.3 Å². The molecule has 0 spiro atoms. The van der Waals surface area contributed by atoms with E-state index in [-0.39, 0.29) is 5.82 Å². The van der Waals surface area contributed by atoms with Gasteiger partial charge in [0.05, 0.1) is 11.2 Å². The Kier molecular flexibility index (Phi) is 5.77. The van der Waals surface area contributed by atoms with E-state index in [2.05, 4.69) is 25.2 Å². The highest BCUT2D eigenvalue weighted by Gasteiger charge is 2.21. The fraction of sp³-hybridized carbons (Fsp3) is 0.450. The van der Waals surface area contributed by atoms with Crippen molar-refractivity contribution in [3.05, 3.63) is 42.1 Å². The van der Waals surface area contributed by atoms with Crippen LogP contribution in [0.15, 0.2) is 35.7 Å². The lowest BCUT2D eigenvalue weighted by molar-refractivity contribution is 0.422. The summed E-state index contributed by atoms with van der Waals surface area (Å²) < 4.78 is 15.5. The molecule has 0 saturated carbocycles. The predicted molar refractivity (Wildman–Crippen MR) is 111 cm³/mol. The highest BCUT2D eigenvalue weighted by Crippen LogP contribution is 2.22. The molecule has 1 aliphatic heterocycles. The second-order valence-corrected chi connectivity index (χ2v) is 8.22. The Labute approximate surface area is 168 Å². The van der Waals surface area contributed by atoms with Gasteiger partial charge in [0.15, 0.2) is 5.16 Å². The molecular weight excluding hydrogens is 375 g/mol. The van der Waals surface area contributed by atoms with Crippen LogP contribution in [0.1, 0.15) is 18.5 Å². The number of anilines is 1. The lowest BCUT2D eigenvalue weighted by Gasteiger charge is -2.32. The quantitative estimate of drug-likeness (QED) is 0.507. The van der Waals surface area contributed by atoms with Gasteiger partial charge in [-0.2, -0.15) is 0 Å². The number of aryl methyl sites for hydroxylation is 2. The first kappa shape index (κ1) is 19.1. The first-order valence-electron chi connectivity index (χ1n) is 9.62. The predicted octanol–water partition coefficient (Wildman–Crippen LogP) is 3.16. The van der Waals surface area contributed by atoms with Crippen LogP contribution in [0, 0.1) is 12.7 Å². The van der Waals surface area contributed by atoms with Crippen LogP contribution in [-0.2, 0) is 7.05 Å². The lowest BCUT2D eigenvalue weighted by Crippen LogP contribution is -2.43. The number of imidazole rings is 1. The van der Waals surface area contributed by atoms with Gasteiger partial charge in [-0.1, -0.05) is 11.8 Å². The van der Waals surface area contributed by atoms with E-state index in [0.717, 1.165) is 65.9 Å². The third-order valence-corrected chi connectivity index (χ3v) is 6.22. The second kappa shape index (κ2) is 8.45. The number of hydrogen-bond acceptors (Lipinski definition) is 6. The average molecular weight is 401 g/mol. The van der Waals surface area contributed by atoms with Gasteiger partial charge < -0.3 is 14.8 Å². The summed E-state index contributed by atoms with van der Waals surface area (Å²) in [6.07, 6.45) is 5.94. The lowest BCUT2D eigenvalue weighted by atomic mass is 10.1. The highest BCUT2D eigenvalue weighted by molar-refractivity contribution is 7.99. The standard InChI is InChI=1S/C20H25FN6S/c1-14-17-13-15(21)3-4-18(17)25-19(24-14)27-9-5-16(6-10-27)22-8-12-28-20-23-7-11-26(20)2/h3-4,7,11,13,16,22H,5-6,8-10,12H2,1-2H3. The number of piperidine rings is 1. The van der Waals surface area contributed by atoms with E-state index < -0.39 is 0 Å². The van der Waals surface area contributed by atoms with Crippen LogP contribution in [0.25, 0.3) is 10.9 Å². The van der Waals surface area contributed by atoms with Crippen molar-refractivity contribution in [1.29, 1.82) is 0 Å². The zero-order valence-corrected chi connectivity index (χ0v) is 17.0. The van der Waals surface area contributed by atoms with Gasteiger partial charge in [-0.3, -0.25) is 0 Å². The molecule has 0 amide bonds. The molecule has 1 fully saturated rings. The van der Waals surface area contributed by atoms with E-state index in [9.17, 15) is 4.39 Å². The number of aromatic nitrogens is 4. The summed E-state index contributed by atoms with van der Waals surface area (Å²) in [5.74, 6) is 1.51. The minimum atomic E-state index is -0.250. The number of thioether (sulfide) groups is 1. The molecule has 8 heteroatoms. The molecule has 0 radical (unpaired) electrons. The summed E-state index contributed by atoms with van der Waals surface area (Å²) in [4.78, 5) is 15.8. The number of rotatable bonds is 6. The summed E-state index contributed by atoms with van der Waals surface area (Å²) >= 11 is 1.78. The Hall–Kier alpha value is -2.19. The maximum absolute atomic E-state index is 13.5. The molecule has 0 bridgehead atoms. The minimum absolute atomic E-state index is 0.250. The molecule has 0 aliphatic carbocycles. The van der Waals surface area contributed by atoms with Crippen molar-refractivity contribution >= 4 is 28.6 Å². The van der Waals surface area contributed by atoms with Crippen molar-refractivity contribution in [2.75, 3.05) is 30.3 Å². The molecule has 3 heterocycles. The number of nitrogens with zero attached hydrogens (tertiary/aromatic N) is 5. The van der Waals surface area contributed by atoms with E-state index in [1.165, 1.54) is 12.1 Å². The SMILES string of the molecule is Cc1nc(N2CCC(NCCSc3nccn3C)CC2)nc2ccc(F)cc12. The Morgan fingerprint density at radius 2 is 2.07 bits per heavy atom. The molecule has 6 nitrogen and oxygen atoms in total. The topological polar surface area (TPSA) is 58.9 Å². The van der Waals surface area contributed by atoms with Gasteiger partial charge in [0, 0.05) is 56.3 Å². The van der Waals surface area contributed by atoms with Gasteiger partial charge >= 0.3 is 0 Å². The molecule has 1 saturated heterocycles. The maximum atomic E-state index is 13.5. The van der Waals surface area contributed by atoms with Crippen LogP contribution < -0.4 is 10.2 Å². The van der Waals surface area contributed by atoms with Gasteiger partial charge in [-0.15, -0.1) is 0 Å².